The van der Waals surface area contributed by atoms with Gasteiger partial charge in [0.05, 0.1) is 0 Å². The van der Waals surface area contributed by atoms with Crippen molar-refractivity contribution >= 4 is 17.0 Å². The summed E-state index contributed by atoms with van der Waals surface area (Å²) in [6.07, 6.45) is 6.77. The summed E-state index contributed by atoms with van der Waals surface area (Å²) in [6.45, 7) is 8.85. The van der Waals surface area contributed by atoms with E-state index in [1.54, 1.807) is 0 Å². The van der Waals surface area contributed by atoms with Crippen molar-refractivity contribution in [3.8, 4) is 0 Å². The molecule has 0 rings (SSSR count). The first-order valence-corrected chi connectivity index (χ1v) is 8.25. The van der Waals surface area contributed by atoms with Gasteiger partial charge in [0.25, 0.3) is 0 Å². The van der Waals surface area contributed by atoms with Crippen molar-refractivity contribution in [2.75, 3.05) is 19.8 Å². The van der Waals surface area contributed by atoms with Gasteiger partial charge in [0.2, 0.25) is 0 Å². The summed E-state index contributed by atoms with van der Waals surface area (Å²) in [4.78, 5) is 0. The maximum absolute atomic E-state index is 5.68. The molecule has 106 valence electrons. The molecule has 5 heteroatoms. The molecular formula is C12H28BrO3V. The molecule has 0 aromatic heterocycles. The molecule has 0 amide bonds. The molecule has 0 bridgehead atoms. The van der Waals surface area contributed by atoms with Crippen molar-refractivity contribution < 1.29 is 27.2 Å². The first kappa shape index (κ1) is 20.3. The van der Waals surface area contributed by atoms with Crippen LogP contribution in [0.3, 0.4) is 0 Å². The van der Waals surface area contributed by atoms with Crippen LogP contribution in [0, 0.1) is 0 Å². The van der Waals surface area contributed by atoms with E-state index in [2.05, 4.69) is 20.8 Å². The monoisotopic (exact) mass is 350 g/mol. The number of rotatable bonds is 12. The van der Waals surface area contributed by atoms with Crippen LogP contribution in [0.4, 0.5) is 0 Å². The molecule has 0 aliphatic heterocycles. The van der Waals surface area contributed by atoms with Crippen LogP contribution in [0.1, 0.15) is 59.3 Å². The van der Waals surface area contributed by atoms with Crippen LogP contribution in [-0.4, -0.2) is 19.8 Å². The van der Waals surface area contributed by atoms with Crippen LogP contribution >= 0.6 is 17.0 Å². The quantitative estimate of drug-likeness (QED) is 0.489. The number of hydrogen-bond acceptors (Lipinski definition) is 3. The standard InChI is InChI=1S/3C4H9O.BrH.V/c3*1-2-3-4-5;;/h3*2-4H2,1H3;1H;/q3*-1;;+3. The Hall–Kier alpha value is 0.944. The Bertz CT molecular complexity index is 115. The second-order valence-electron chi connectivity index (χ2n) is 3.78. The second kappa shape index (κ2) is 16.9. The van der Waals surface area contributed by atoms with Crippen LogP contribution in [0.5, 0.6) is 0 Å². The average molecular weight is 351 g/mol. The minimum absolute atomic E-state index is 0. The minimum atomic E-state index is -1.90. The van der Waals surface area contributed by atoms with Crippen molar-refractivity contribution in [2.45, 2.75) is 59.3 Å². The fraction of sp³-hybridized carbons (Fsp3) is 1.00. The van der Waals surface area contributed by atoms with E-state index < -0.39 is 16.2 Å². The van der Waals surface area contributed by atoms with Gasteiger partial charge in [0.15, 0.2) is 0 Å². The topological polar surface area (TPSA) is 27.7 Å². The van der Waals surface area contributed by atoms with E-state index in [4.69, 9.17) is 11.0 Å². The van der Waals surface area contributed by atoms with Crippen molar-refractivity contribution in [2.24, 2.45) is 0 Å². The van der Waals surface area contributed by atoms with Crippen LogP contribution in [-0.2, 0) is 27.2 Å². The maximum atomic E-state index is 5.68. The van der Waals surface area contributed by atoms with Crippen LogP contribution in [0.15, 0.2) is 0 Å². The zero-order valence-electron chi connectivity index (χ0n) is 11.4. The van der Waals surface area contributed by atoms with Gasteiger partial charge in [-0.05, 0) is 0 Å². The van der Waals surface area contributed by atoms with Gasteiger partial charge in [-0.2, -0.15) is 0 Å². The van der Waals surface area contributed by atoms with Crippen LogP contribution in [0.25, 0.3) is 0 Å². The first-order chi connectivity index (χ1) is 7.85. The molecule has 0 heterocycles. The number of halogens is 1. The van der Waals surface area contributed by atoms with E-state index in [1.165, 1.54) is 0 Å². The number of unbranched alkanes of at least 4 members (excludes halogenated alkanes) is 3. The summed E-state index contributed by atoms with van der Waals surface area (Å²) in [5.74, 6) is 0. The molecule has 0 spiro atoms. The molecule has 0 aliphatic carbocycles. The van der Waals surface area contributed by atoms with Gasteiger partial charge in [-0.25, -0.2) is 0 Å². The second-order valence-corrected chi connectivity index (χ2v) is 5.69. The Balaban J connectivity index is 0. The zero-order chi connectivity index (χ0) is 12.1. The predicted molar refractivity (Wildman–Crippen MR) is 72.9 cm³/mol. The van der Waals surface area contributed by atoms with Crippen molar-refractivity contribution in [3.63, 3.8) is 0 Å². The van der Waals surface area contributed by atoms with Crippen molar-refractivity contribution in [1.29, 1.82) is 0 Å². The summed E-state index contributed by atoms with van der Waals surface area (Å²) in [5.41, 5.74) is 0. The SMILES string of the molecule is Br.CCCC[O][V]([O]CCCC)[O]CCCC. The third-order valence-electron chi connectivity index (χ3n) is 2.08. The Morgan fingerprint density at radius 3 is 1.18 bits per heavy atom. The summed E-state index contributed by atoms with van der Waals surface area (Å²) >= 11 is -1.90. The molecule has 0 aromatic rings. The Labute approximate surface area is 123 Å². The van der Waals surface area contributed by atoms with E-state index >= 15 is 0 Å². The molecule has 0 N–H and O–H groups in total. The van der Waals surface area contributed by atoms with Gasteiger partial charge in [-0.1, -0.05) is 0 Å². The normalized spacial score (nSPS) is 10.6. The van der Waals surface area contributed by atoms with Gasteiger partial charge >= 0.3 is 106 Å². The fourth-order valence-corrected chi connectivity index (χ4v) is 2.61. The number of hydrogen-bond donors (Lipinski definition) is 0. The van der Waals surface area contributed by atoms with Gasteiger partial charge in [0, 0.05) is 0 Å². The molecule has 0 saturated heterocycles. The third-order valence-corrected chi connectivity index (χ3v) is 3.93. The molecule has 3 nitrogen and oxygen atoms in total. The van der Waals surface area contributed by atoms with E-state index in [9.17, 15) is 0 Å². The van der Waals surface area contributed by atoms with Crippen molar-refractivity contribution in [1.82, 2.24) is 0 Å². The van der Waals surface area contributed by atoms with Crippen LogP contribution < -0.4 is 0 Å². The molecular weight excluding hydrogens is 323 g/mol. The van der Waals surface area contributed by atoms with E-state index in [1.807, 2.05) is 0 Å². The van der Waals surface area contributed by atoms with E-state index in [0.29, 0.717) is 0 Å². The van der Waals surface area contributed by atoms with E-state index in [0.717, 1.165) is 58.3 Å². The predicted octanol–water partition coefficient (Wildman–Crippen LogP) is 4.38. The summed E-state index contributed by atoms with van der Waals surface area (Å²) in [7, 11) is 0. The fourth-order valence-electron chi connectivity index (χ4n) is 0.962. The Kier molecular flexibility index (Phi) is 20.2. The Morgan fingerprint density at radius 1 is 0.647 bits per heavy atom. The molecule has 0 saturated carbocycles. The summed E-state index contributed by atoms with van der Waals surface area (Å²) < 4.78 is 17.0. The van der Waals surface area contributed by atoms with Gasteiger partial charge < -0.3 is 0 Å². The van der Waals surface area contributed by atoms with Gasteiger partial charge in [-0.15, -0.1) is 17.0 Å². The third kappa shape index (κ3) is 14.9. The summed E-state index contributed by atoms with van der Waals surface area (Å²) in [6, 6.07) is 0. The molecule has 17 heavy (non-hydrogen) atoms. The van der Waals surface area contributed by atoms with Gasteiger partial charge in [-0.3, -0.25) is 0 Å². The van der Waals surface area contributed by atoms with E-state index in [-0.39, 0.29) is 17.0 Å². The summed E-state index contributed by atoms with van der Waals surface area (Å²) in [5, 5.41) is 0. The molecule has 0 atom stereocenters. The molecule has 0 aromatic carbocycles. The molecule has 0 fully saturated rings. The zero-order valence-corrected chi connectivity index (χ0v) is 14.6. The van der Waals surface area contributed by atoms with Crippen molar-refractivity contribution in [3.05, 3.63) is 0 Å². The van der Waals surface area contributed by atoms with Gasteiger partial charge in [0.1, 0.15) is 0 Å². The first-order valence-electron chi connectivity index (χ1n) is 6.54. The molecule has 0 aliphatic rings. The van der Waals surface area contributed by atoms with Crippen LogP contribution in [0.2, 0.25) is 0 Å². The molecule has 0 radical (unpaired) electrons. The molecule has 0 unspecified atom stereocenters. The Morgan fingerprint density at radius 2 is 0.941 bits per heavy atom. The average Bonchev–Trinajstić information content (AvgIpc) is 2.29.